The Morgan fingerprint density at radius 3 is 2.33 bits per heavy atom. The molecule has 2 unspecified atom stereocenters. The van der Waals surface area contributed by atoms with Gasteiger partial charge in [-0.15, -0.1) is 0 Å². The summed E-state index contributed by atoms with van der Waals surface area (Å²) in [6.45, 7) is 0. The number of nitrogens with two attached hydrogens (primary N) is 2. The summed E-state index contributed by atoms with van der Waals surface area (Å²) >= 11 is 1.18. The predicted molar refractivity (Wildman–Crippen MR) is 119 cm³/mol. The molecule has 4 rings (SSSR count). The Hall–Kier alpha value is -3.58. The van der Waals surface area contributed by atoms with E-state index in [1.165, 1.54) is 33.1 Å². The zero-order valence-corrected chi connectivity index (χ0v) is 18.6. The van der Waals surface area contributed by atoms with Crippen molar-refractivity contribution in [3.63, 3.8) is 0 Å². The number of ether oxygens (including phenoxy) is 3. The lowest BCUT2D eigenvalue weighted by molar-refractivity contribution is 0.324. The maximum atomic E-state index is 14.2. The van der Waals surface area contributed by atoms with Crippen LogP contribution in [0.25, 0.3) is 11.4 Å². The van der Waals surface area contributed by atoms with Crippen molar-refractivity contribution in [1.82, 2.24) is 10.1 Å². The molecule has 1 aromatic heterocycles. The third kappa shape index (κ3) is 3.89. The van der Waals surface area contributed by atoms with E-state index in [2.05, 4.69) is 10.1 Å². The van der Waals surface area contributed by atoms with Gasteiger partial charge in [-0.3, -0.25) is 5.41 Å². The number of hydrogen-bond acceptors (Lipinski definition) is 10. The molecule has 2 atom stereocenters. The van der Waals surface area contributed by atoms with Crippen molar-refractivity contribution >= 4 is 29.0 Å². The summed E-state index contributed by atoms with van der Waals surface area (Å²) in [5.74, 6) is -0.630. The average molecular weight is 478 g/mol. The summed E-state index contributed by atoms with van der Waals surface area (Å²) in [5, 5.41) is 11.7. The number of halogens is 2. The Morgan fingerprint density at radius 2 is 1.73 bits per heavy atom. The zero-order valence-electron chi connectivity index (χ0n) is 17.8. The third-order valence-electron chi connectivity index (χ3n) is 4.96. The van der Waals surface area contributed by atoms with Crippen molar-refractivity contribution in [1.29, 1.82) is 5.41 Å². The second-order valence-electron chi connectivity index (χ2n) is 6.86. The lowest BCUT2D eigenvalue weighted by atomic mass is 10.1. The molecule has 10 nitrogen and oxygen atoms in total. The largest absolute Gasteiger partial charge is 0.493 e. The quantitative estimate of drug-likeness (QED) is 0.452. The van der Waals surface area contributed by atoms with Gasteiger partial charge in [0.1, 0.15) is 28.2 Å². The van der Waals surface area contributed by atoms with Crippen molar-refractivity contribution in [3.05, 3.63) is 41.8 Å². The number of amidine groups is 1. The van der Waals surface area contributed by atoms with E-state index in [-0.39, 0.29) is 28.8 Å². The SMILES string of the molecule is COc1cc(N2C(=N)C(c3nc(-c4cc(N)c(F)cc4F)no3)SC2N)cc(OC)c1OC. The lowest BCUT2D eigenvalue weighted by Gasteiger charge is -2.24. The van der Waals surface area contributed by atoms with Gasteiger partial charge in [0, 0.05) is 18.2 Å². The van der Waals surface area contributed by atoms with E-state index >= 15 is 0 Å². The van der Waals surface area contributed by atoms with Gasteiger partial charge < -0.3 is 35.1 Å². The van der Waals surface area contributed by atoms with Crippen LogP contribution < -0.4 is 30.6 Å². The van der Waals surface area contributed by atoms with Gasteiger partial charge in [0.05, 0.1) is 38.3 Å². The maximum absolute atomic E-state index is 14.2. The monoisotopic (exact) mass is 478 g/mol. The van der Waals surface area contributed by atoms with Gasteiger partial charge in [0.2, 0.25) is 17.5 Å². The summed E-state index contributed by atoms with van der Waals surface area (Å²) in [6, 6.07) is 5.05. The van der Waals surface area contributed by atoms with Gasteiger partial charge in [-0.25, -0.2) is 8.78 Å². The summed E-state index contributed by atoms with van der Waals surface area (Å²) in [7, 11) is 4.45. The molecule has 1 fully saturated rings. The van der Waals surface area contributed by atoms with Gasteiger partial charge in [0.25, 0.3) is 0 Å². The number of nitrogens with zero attached hydrogens (tertiary/aromatic N) is 3. The minimum atomic E-state index is -0.890. The predicted octanol–water partition coefficient (Wildman–Crippen LogP) is 3.14. The maximum Gasteiger partial charge on any atom is 0.247 e. The van der Waals surface area contributed by atoms with E-state index in [1.807, 2.05) is 0 Å². The molecule has 33 heavy (non-hydrogen) atoms. The molecule has 0 spiro atoms. The molecule has 5 N–H and O–H groups in total. The second-order valence-corrected chi connectivity index (χ2v) is 8.08. The van der Waals surface area contributed by atoms with Crippen LogP contribution in [0.1, 0.15) is 11.1 Å². The zero-order chi connectivity index (χ0) is 23.9. The third-order valence-corrected chi connectivity index (χ3v) is 6.15. The van der Waals surface area contributed by atoms with Gasteiger partial charge in [-0.1, -0.05) is 16.9 Å². The van der Waals surface area contributed by atoms with Crippen molar-refractivity contribution in [2.24, 2.45) is 5.73 Å². The molecule has 174 valence electrons. The van der Waals surface area contributed by atoms with Crippen molar-refractivity contribution in [3.8, 4) is 28.6 Å². The molecule has 0 saturated carbocycles. The highest BCUT2D eigenvalue weighted by Crippen LogP contribution is 2.47. The first kappa shape index (κ1) is 22.6. The van der Waals surface area contributed by atoms with Gasteiger partial charge in [-0.2, -0.15) is 4.98 Å². The van der Waals surface area contributed by atoms with Crippen LogP contribution in [0.2, 0.25) is 0 Å². The standard InChI is InChI=1S/C20H20F2N6O4S/c1-29-13-4-8(5-14(30-2)15(13)31-3)28-17(24)16(33-20(28)25)19-26-18(27-32-19)9-6-12(23)11(22)7-10(9)21/h4-7,16,20,24H,23,25H2,1-3H3. The number of benzene rings is 2. The van der Waals surface area contributed by atoms with Crippen molar-refractivity contribution < 1.29 is 27.5 Å². The van der Waals surface area contributed by atoms with Crippen LogP contribution in [-0.4, -0.2) is 42.8 Å². The van der Waals surface area contributed by atoms with Crippen molar-refractivity contribution in [2.75, 3.05) is 32.0 Å². The minimum absolute atomic E-state index is 0.0349. The van der Waals surface area contributed by atoms with Crippen LogP contribution in [0.3, 0.4) is 0 Å². The molecular weight excluding hydrogens is 458 g/mol. The summed E-state index contributed by atoms with van der Waals surface area (Å²) in [4.78, 5) is 5.73. The molecule has 2 heterocycles. The number of aromatic nitrogens is 2. The second kappa shape index (κ2) is 8.75. The molecule has 1 saturated heterocycles. The molecular formula is C20H20F2N6O4S. The average Bonchev–Trinajstić information content (AvgIpc) is 3.39. The first-order chi connectivity index (χ1) is 15.8. The van der Waals surface area contributed by atoms with Gasteiger partial charge >= 0.3 is 0 Å². The number of anilines is 2. The van der Waals surface area contributed by atoms with Crippen LogP contribution in [0.4, 0.5) is 20.2 Å². The molecule has 3 aromatic rings. The molecule has 0 bridgehead atoms. The van der Waals surface area contributed by atoms with Gasteiger partial charge in [-0.05, 0) is 6.07 Å². The Bertz CT molecular complexity index is 1200. The number of hydrogen-bond donors (Lipinski definition) is 3. The fraction of sp³-hybridized carbons (Fsp3) is 0.250. The first-order valence-corrected chi connectivity index (χ1v) is 10.4. The van der Waals surface area contributed by atoms with E-state index in [9.17, 15) is 8.78 Å². The van der Waals surface area contributed by atoms with E-state index in [0.29, 0.717) is 29.0 Å². The Labute approximate surface area is 191 Å². The number of methoxy groups -OCH3 is 3. The smallest absolute Gasteiger partial charge is 0.247 e. The number of nitrogens with one attached hydrogen (secondary N) is 1. The van der Waals surface area contributed by atoms with Crippen LogP contribution >= 0.6 is 11.8 Å². The van der Waals surface area contributed by atoms with Gasteiger partial charge in [0.15, 0.2) is 11.5 Å². The number of nitrogen functional groups attached to an aromatic ring is 1. The lowest BCUT2D eigenvalue weighted by Crippen LogP contribution is -2.38. The van der Waals surface area contributed by atoms with Crippen LogP contribution in [0.15, 0.2) is 28.8 Å². The van der Waals surface area contributed by atoms with Crippen LogP contribution in [0.5, 0.6) is 17.2 Å². The summed E-state index contributed by atoms with van der Waals surface area (Å²) in [5.41, 5.74) is 11.3. The van der Waals surface area contributed by atoms with Crippen molar-refractivity contribution in [2.45, 2.75) is 10.7 Å². The fourth-order valence-corrected chi connectivity index (χ4v) is 4.47. The minimum Gasteiger partial charge on any atom is -0.493 e. The van der Waals surface area contributed by atoms with E-state index < -0.39 is 22.4 Å². The molecule has 13 heteroatoms. The Morgan fingerprint density at radius 1 is 1.06 bits per heavy atom. The first-order valence-electron chi connectivity index (χ1n) is 9.46. The highest BCUT2D eigenvalue weighted by Gasteiger charge is 2.41. The summed E-state index contributed by atoms with van der Waals surface area (Å²) < 4.78 is 49.1. The Balaban J connectivity index is 1.67. The highest BCUT2D eigenvalue weighted by molar-refractivity contribution is 8.01. The molecule has 2 aromatic carbocycles. The highest BCUT2D eigenvalue weighted by atomic mass is 32.2. The molecule has 0 aliphatic carbocycles. The van der Waals surface area contributed by atoms with Crippen LogP contribution in [-0.2, 0) is 0 Å². The Kier molecular flexibility index (Phi) is 5.99. The van der Waals surface area contributed by atoms with E-state index in [0.717, 1.165) is 6.07 Å². The van der Waals surface area contributed by atoms with E-state index in [4.69, 9.17) is 35.6 Å². The molecule has 0 radical (unpaired) electrons. The molecule has 1 aliphatic rings. The van der Waals surface area contributed by atoms with Crippen LogP contribution in [0, 0.1) is 17.0 Å². The number of rotatable bonds is 6. The molecule has 1 aliphatic heterocycles. The topological polar surface area (TPSA) is 146 Å². The fourth-order valence-electron chi connectivity index (χ4n) is 3.38. The number of thioether (sulfide) groups is 1. The summed E-state index contributed by atoms with van der Waals surface area (Å²) in [6.07, 6.45) is 0. The normalized spacial score (nSPS) is 18.0. The molecule has 0 amide bonds. The van der Waals surface area contributed by atoms with E-state index in [1.54, 1.807) is 17.0 Å².